The summed E-state index contributed by atoms with van der Waals surface area (Å²) in [5, 5.41) is 14.8. The first kappa shape index (κ1) is 22.8. The first-order chi connectivity index (χ1) is 12.3. The second-order valence-electron chi connectivity index (χ2n) is 6.71. The summed E-state index contributed by atoms with van der Waals surface area (Å²) >= 11 is 0. The second-order valence-corrected chi connectivity index (χ2v) is 10.7. The maximum absolute atomic E-state index is 12.1. The van der Waals surface area contributed by atoms with Crippen molar-refractivity contribution >= 4 is 14.3 Å². The highest BCUT2D eigenvalue weighted by Gasteiger charge is 2.45. The van der Waals surface area contributed by atoms with Gasteiger partial charge in [-0.1, -0.05) is 5.11 Å². The fraction of sp³-hybridized carbons (Fsp3) is 0.929. The largest absolute Gasteiger partial charge is 0.394 e. The maximum atomic E-state index is 12.1. The molecule has 11 nitrogen and oxygen atoms in total. The summed E-state index contributed by atoms with van der Waals surface area (Å²) in [6, 6.07) is -1.50. The fourth-order valence-electron chi connectivity index (χ4n) is 3.15. The third-order valence-corrected chi connectivity index (χ3v) is 5.98. The summed E-state index contributed by atoms with van der Waals surface area (Å²) in [7, 11) is 0.626. The van der Waals surface area contributed by atoms with Gasteiger partial charge in [-0.3, -0.25) is 0 Å². The molecule has 0 heterocycles. The van der Waals surface area contributed by atoms with E-state index in [0.29, 0.717) is 6.42 Å². The van der Waals surface area contributed by atoms with Crippen LogP contribution in [0.4, 0.5) is 0 Å². The summed E-state index contributed by atoms with van der Waals surface area (Å²) in [5.41, 5.74) is 8.59. The molecule has 0 amide bonds. The molecule has 0 aliphatic heterocycles. The number of carbonyl (C=O) groups is 1. The van der Waals surface area contributed by atoms with Gasteiger partial charge in [-0.25, -0.2) is 4.79 Å². The van der Waals surface area contributed by atoms with Crippen molar-refractivity contribution in [3.05, 3.63) is 10.4 Å². The molecule has 1 aliphatic rings. The number of hydroxylamine groups is 2. The van der Waals surface area contributed by atoms with Gasteiger partial charge in [0.05, 0.1) is 18.8 Å². The molecular formula is C14H29N5O6Si. The van der Waals surface area contributed by atoms with Gasteiger partial charge in [0.2, 0.25) is 8.32 Å². The maximum Gasteiger partial charge on any atom is 0.346 e. The normalized spacial score (nSPS) is 24.8. The molecule has 1 aliphatic carbocycles. The third kappa shape index (κ3) is 5.89. The third-order valence-electron chi connectivity index (χ3n) is 4.37. The molecule has 3 N–H and O–H groups in total. The smallest absolute Gasteiger partial charge is 0.346 e. The molecule has 1 saturated carbocycles. The Morgan fingerprint density at radius 1 is 1.42 bits per heavy atom. The molecule has 0 aromatic heterocycles. The van der Waals surface area contributed by atoms with Gasteiger partial charge in [0.1, 0.15) is 6.10 Å². The Kier molecular flexibility index (Phi) is 9.47. The number of aliphatic hydroxyl groups is 1. The van der Waals surface area contributed by atoms with Crippen LogP contribution in [0.25, 0.3) is 10.4 Å². The van der Waals surface area contributed by atoms with E-state index in [0.717, 1.165) is 12.8 Å². The molecule has 4 atom stereocenters. The molecule has 150 valence electrons. The molecule has 3 unspecified atom stereocenters. The number of hydrogen-bond acceptors (Lipinski definition) is 9. The SMILES string of the molecule is COC1CCCC(N(O[Si](C)(C)CN=[N+]=[N-])[C@@H](CO)C(=O)ON)C1OC. The Balaban J connectivity index is 3.20. The summed E-state index contributed by atoms with van der Waals surface area (Å²) in [5.74, 6) is 4.20. The topological polar surface area (TPSA) is 152 Å². The molecule has 0 saturated heterocycles. The average molecular weight is 392 g/mol. The predicted molar refractivity (Wildman–Crippen MR) is 94.8 cm³/mol. The van der Waals surface area contributed by atoms with Gasteiger partial charge in [-0.15, -0.1) is 0 Å². The Bertz CT molecular complexity index is 504. The zero-order valence-corrected chi connectivity index (χ0v) is 16.7. The van der Waals surface area contributed by atoms with Crippen molar-refractivity contribution in [1.29, 1.82) is 0 Å². The molecule has 0 radical (unpaired) electrons. The molecule has 0 bridgehead atoms. The quantitative estimate of drug-likeness (QED) is 0.181. The minimum Gasteiger partial charge on any atom is -0.394 e. The van der Waals surface area contributed by atoms with Crippen LogP contribution in [0.5, 0.6) is 0 Å². The standard InChI is InChI=1S/C14H29N5O6Si/c1-22-12-7-5-6-10(13(12)23-2)19(11(8-20)14(21)24-16)25-26(3,4)9-17-18-15/h10-13,20H,5-9,16H2,1-4H3/t10?,11-,12?,13?/m0/s1. The van der Waals surface area contributed by atoms with Crippen LogP contribution in [-0.4, -0.2) is 75.7 Å². The van der Waals surface area contributed by atoms with Crippen LogP contribution in [0.15, 0.2) is 5.11 Å². The van der Waals surface area contributed by atoms with E-state index in [-0.39, 0.29) is 24.4 Å². The zero-order valence-electron chi connectivity index (χ0n) is 15.7. The number of rotatable bonds is 10. The number of ether oxygens (including phenoxy) is 2. The van der Waals surface area contributed by atoms with E-state index >= 15 is 0 Å². The van der Waals surface area contributed by atoms with Crippen molar-refractivity contribution in [2.45, 2.75) is 56.6 Å². The van der Waals surface area contributed by atoms with Crippen LogP contribution in [-0.2, 0) is 23.6 Å². The number of methoxy groups -OCH3 is 2. The Morgan fingerprint density at radius 3 is 2.62 bits per heavy atom. The molecule has 0 spiro atoms. The monoisotopic (exact) mass is 391 g/mol. The zero-order chi connectivity index (χ0) is 19.7. The van der Waals surface area contributed by atoms with Crippen molar-refractivity contribution in [2.75, 3.05) is 27.0 Å². The molecular weight excluding hydrogens is 362 g/mol. The van der Waals surface area contributed by atoms with Crippen molar-refractivity contribution in [2.24, 2.45) is 11.0 Å². The molecule has 0 aromatic rings. The summed E-state index contributed by atoms with van der Waals surface area (Å²) in [4.78, 5) is 19.2. The van der Waals surface area contributed by atoms with Crippen LogP contribution in [0.1, 0.15) is 19.3 Å². The van der Waals surface area contributed by atoms with E-state index in [1.54, 1.807) is 14.2 Å². The van der Waals surface area contributed by atoms with Crippen LogP contribution in [0.2, 0.25) is 13.1 Å². The lowest BCUT2D eigenvalue weighted by molar-refractivity contribution is -0.215. The van der Waals surface area contributed by atoms with Crippen molar-refractivity contribution in [1.82, 2.24) is 5.06 Å². The Labute approximate surface area is 154 Å². The molecule has 1 rings (SSSR count). The van der Waals surface area contributed by atoms with Gasteiger partial charge in [-0.05, 0) is 37.9 Å². The Hall–Kier alpha value is -1.24. The van der Waals surface area contributed by atoms with Crippen molar-refractivity contribution in [3.8, 4) is 0 Å². The van der Waals surface area contributed by atoms with E-state index in [9.17, 15) is 9.90 Å². The molecule has 26 heavy (non-hydrogen) atoms. The first-order valence-corrected chi connectivity index (χ1v) is 11.5. The van der Waals surface area contributed by atoms with Gasteiger partial charge < -0.3 is 23.9 Å². The van der Waals surface area contributed by atoms with Crippen LogP contribution in [0.3, 0.4) is 0 Å². The van der Waals surface area contributed by atoms with E-state index in [1.807, 2.05) is 13.1 Å². The van der Waals surface area contributed by atoms with Gasteiger partial charge in [0.15, 0.2) is 6.04 Å². The van der Waals surface area contributed by atoms with E-state index in [1.165, 1.54) is 5.06 Å². The minimum absolute atomic E-state index is 0.161. The fourth-order valence-corrected chi connectivity index (χ4v) is 4.45. The van der Waals surface area contributed by atoms with Crippen molar-refractivity contribution < 1.29 is 28.7 Å². The number of hydrogen-bond donors (Lipinski definition) is 2. The van der Waals surface area contributed by atoms with Gasteiger partial charge in [0.25, 0.3) is 0 Å². The predicted octanol–water partition coefficient (Wildman–Crippen LogP) is 0.635. The van der Waals surface area contributed by atoms with E-state index < -0.39 is 26.9 Å². The first-order valence-electron chi connectivity index (χ1n) is 8.40. The summed E-state index contributed by atoms with van der Waals surface area (Å²) < 4.78 is 17.3. The highest BCUT2D eigenvalue weighted by molar-refractivity contribution is 6.71. The number of aliphatic hydroxyl groups excluding tert-OH is 1. The van der Waals surface area contributed by atoms with Crippen molar-refractivity contribution in [3.63, 3.8) is 0 Å². The van der Waals surface area contributed by atoms with E-state index in [2.05, 4.69) is 14.9 Å². The van der Waals surface area contributed by atoms with E-state index in [4.69, 9.17) is 25.4 Å². The Morgan fingerprint density at radius 2 is 2.12 bits per heavy atom. The number of carbonyl (C=O) groups excluding carboxylic acids is 1. The molecule has 0 aromatic carbocycles. The highest BCUT2D eigenvalue weighted by atomic mass is 28.4. The highest BCUT2D eigenvalue weighted by Crippen LogP contribution is 2.30. The average Bonchev–Trinajstić information content (AvgIpc) is 2.64. The van der Waals surface area contributed by atoms with Crippen LogP contribution < -0.4 is 5.90 Å². The number of nitrogens with two attached hydrogens (primary N) is 1. The number of azide groups is 1. The lowest BCUT2D eigenvalue weighted by atomic mass is 9.89. The second kappa shape index (κ2) is 10.8. The van der Waals surface area contributed by atoms with Crippen LogP contribution in [0, 0.1) is 0 Å². The molecule has 1 fully saturated rings. The summed E-state index contributed by atoms with van der Waals surface area (Å²) in [6.07, 6.45) is 1.91. The summed E-state index contributed by atoms with van der Waals surface area (Å²) in [6.45, 7) is 3.14. The lowest BCUT2D eigenvalue weighted by Gasteiger charge is -2.45. The van der Waals surface area contributed by atoms with Crippen LogP contribution >= 0.6 is 0 Å². The van der Waals surface area contributed by atoms with Gasteiger partial charge >= 0.3 is 5.97 Å². The number of nitrogens with zero attached hydrogens (tertiary/aromatic N) is 4. The minimum atomic E-state index is -2.53. The lowest BCUT2D eigenvalue weighted by Crippen LogP contribution is -2.61. The molecule has 12 heteroatoms. The van der Waals surface area contributed by atoms with Gasteiger partial charge in [0, 0.05) is 25.3 Å². The van der Waals surface area contributed by atoms with Gasteiger partial charge in [-0.2, -0.15) is 11.0 Å².